The quantitative estimate of drug-likeness (QED) is 0.225. The van der Waals surface area contributed by atoms with Gasteiger partial charge in [-0.2, -0.15) is 13.2 Å². The van der Waals surface area contributed by atoms with E-state index in [4.69, 9.17) is 9.15 Å². The highest BCUT2D eigenvalue weighted by Crippen LogP contribution is 2.39. The van der Waals surface area contributed by atoms with Gasteiger partial charge in [0.05, 0.1) is 21.8 Å². The number of piperazine rings is 1. The van der Waals surface area contributed by atoms with Gasteiger partial charge in [0.15, 0.2) is 5.43 Å². The van der Waals surface area contributed by atoms with Gasteiger partial charge in [0, 0.05) is 50.2 Å². The van der Waals surface area contributed by atoms with Crippen molar-refractivity contribution in [3.8, 4) is 0 Å². The molecule has 0 atom stereocenters. The van der Waals surface area contributed by atoms with Crippen LogP contribution in [-0.2, 0) is 10.9 Å². The number of carbonyl (C=O) groups is 1. The lowest BCUT2D eigenvalue weighted by atomic mass is 9.87. The molecule has 9 nitrogen and oxygen atoms in total. The minimum absolute atomic E-state index is 0.0533. The monoisotopic (exact) mass is 565 g/mol. The first-order valence-electron chi connectivity index (χ1n) is 12.6. The van der Waals surface area contributed by atoms with E-state index in [0.29, 0.717) is 36.1 Å². The molecule has 3 heterocycles. The number of nitro groups is 1. The van der Waals surface area contributed by atoms with Gasteiger partial charge in [-0.05, 0) is 49.8 Å². The van der Waals surface area contributed by atoms with E-state index >= 15 is 0 Å². The molecule has 13 heteroatoms. The number of ether oxygens (including phenoxy) is 1. The number of hydrogen-bond donors (Lipinski definition) is 0. The fourth-order valence-corrected chi connectivity index (χ4v) is 6.43. The second-order valence-corrected chi connectivity index (χ2v) is 10.9. The van der Waals surface area contributed by atoms with E-state index in [1.54, 1.807) is 12.1 Å². The maximum Gasteiger partial charge on any atom is 0.416 e. The maximum absolute atomic E-state index is 13.2. The number of fused-ring (bicyclic) bond motifs is 1. The predicted molar refractivity (Wildman–Crippen MR) is 138 cm³/mol. The molecule has 0 spiro atoms. The molecule has 1 aromatic carbocycles. The van der Waals surface area contributed by atoms with Gasteiger partial charge in [-0.25, -0.2) is 4.79 Å². The van der Waals surface area contributed by atoms with Gasteiger partial charge in [-0.3, -0.25) is 19.8 Å². The Morgan fingerprint density at radius 2 is 1.85 bits per heavy atom. The van der Waals surface area contributed by atoms with Crippen LogP contribution in [0.5, 0.6) is 0 Å². The van der Waals surface area contributed by atoms with Crippen molar-refractivity contribution in [3.05, 3.63) is 68.3 Å². The summed E-state index contributed by atoms with van der Waals surface area (Å²) in [6.07, 6.45) is -0.0339. The zero-order valence-corrected chi connectivity index (χ0v) is 21.6. The van der Waals surface area contributed by atoms with E-state index in [0.717, 1.165) is 56.7 Å². The number of non-ortho nitro benzene ring substituents is 1. The largest absolute Gasteiger partial charge is 0.457 e. The highest BCUT2D eigenvalue weighted by atomic mass is 32.1. The highest BCUT2D eigenvalue weighted by molar-refractivity contribution is 7.22. The Bertz CT molecular complexity index is 1410. The third-order valence-corrected chi connectivity index (χ3v) is 8.53. The standard InChI is InChI=1S/C26H26F3N3O6S/c27-26(28,29)17-12-19-21(33)14-23(39-24(19)20(13-17)32(35)36)31-9-7-30(8-10-31)15-16-3-5-18(6-4-16)38-25(34)22-2-1-11-37-22/h1-2,11-14,16,18H,3-10,15H2. The van der Waals surface area contributed by atoms with Gasteiger partial charge in [0.2, 0.25) is 5.76 Å². The Kier molecular flexibility index (Phi) is 7.63. The Hall–Kier alpha value is -3.45. The zero-order valence-electron chi connectivity index (χ0n) is 20.8. The summed E-state index contributed by atoms with van der Waals surface area (Å²) in [5, 5.41) is 11.8. The van der Waals surface area contributed by atoms with Crippen LogP contribution in [0.15, 0.2) is 45.8 Å². The first-order valence-corrected chi connectivity index (χ1v) is 13.5. The minimum Gasteiger partial charge on any atom is -0.457 e. The second-order valence-electron chi connectivity index (χ2n) is 9.89. The molecule has 0 bridgehead atoms. The third-order valence-electron chi connectivity index (χ3n) is 7.31. The summed E-state index contributed by atoms with van der Waals surface area (Å²) < 4.78 is 50.3. The SMILES string of the molecule is O=C(OC1CCC(CN2CCN(c3cc(=O)c4cc(C(F)(F)F)cc([N+](=O)[O-])c4s3)CC2)CC1)c1ccco1. The van der Waals surface area contributed by atoms with Crippen molar-refractivity contribution in [1.82, 2.24) is 4.90 Å². The molecule has 3 aromatic rings. The molecule has 208 valence electrons. The summed E-state index contributed by atoms with van der Waals surface area (Å²) in [6.45, 7) is 3.52. The lowest BCUT2D eigenvalue weighted by molar-refractivity contribution is -0.383. The van der Waals surface area contributed by atoms with Crippen molar-refractivity contribution in [1.29, 1.82) is 0 Å². The van der Waals surface area contributed by atoms with E-state index in [2.05, 4.69) is 4.90 Å². The fraction of sp³-hybridized carbons (Fsp3) is 0.462. The molecule has 1 saturated carbocycles. The molecule has 0 unspecified atom stereocenters. The molecule has 5 rings (SSSR count). The van der Waals surface area contributed by atoms with Gasteiger partial charge in [0.25, 0.3) is 5.69 Å². The van der Waals surface area contributed by atoms with Crippen LogP contribution in [-0.4, -0.2) is 54.6 Å². The lowest BCUT2D eigenvalue weighted by Gasteiger charge is -2.38. The number of alkyl halides is 3. The molecule has 0 amide bonds. The first kappa shape index (κ1) is 27.1. The van der Waals surface area contributed by atoms with Gasteiger partial charge in [-0.1, -0.05) is 0 Å². The first-order chi connectivity index (χ1) is 18.6. The summed E-state index contributed by atoms with van der Waals surface area (Å²) in [6, 6.07) is 5.68. The van der Waals surface area contributed by atoms with E-state index in [1.807, 2.05) is 4.90 Å². The van der Waals surface area contributed by atoms with Crippen LogP contribution in [0.3, 0.4) is 0 Å². The number of benzene rings is 1. The molecule has 1 saturated heterocycles. The van der Waals surface area contributed by atoms with Crippen LogP contribution >= 0.6 is 11.3 Å². The van der Waals surface area contributed by atoms with Crippen molar-refractivity contribution in [3.63, 3.8) is 0 Å². The second kappa shape index (κ2) is 11.0. The Morgan fingerprint density at radius 1 is 1.13 bits per heavy atom. The van der Waals surface area contributed by atoms with Crippen molar-refractivity contribution in [2.24, 2.45) is 5.92 Å². The van der Waals surface area contributed by atoms with Crippen molar-refractivity contribution in [2.45, 2.75) is 38.0 Å². The number of furan rings is 1. The highest BCUT2D eigenvalue weighted by Gasteiger charge is 2.34. The summed E-state index contributed by atoms with van der Waals surface area (Å²) in [7, 11) is 0. The summed E-state index contributed by atoms with van der Waals surface area (Å²) >= 11 is 0.973. The van der Waals surface area contributed by atoms with Crippen LogP contribution in [0, 0.1) is 16.0 Å². The van der Waals surface area contributed by atoms with E-state index in [9.17, 15) is 32.9 Å². The molecule has 2 aliphatic rings. The Balaban J connectivity index is 1.18. The molecular formula is C26H26F3N3O6S. The molecule has 0 radical (unpaired) electrons. The Labute approximate surface area is 224 Å². The van der Waals surface area contributed by atoms with Crippen LogP contribution < -0.4 is 10.3 Å². The molecule has 1 aliphatic heterocycles. The van der Waals surface area contributed by atoms with Gasteiger partial charge in [0.1, 0.15) is 10.8 Å². The number of rotatable bonds is 6. The van der Waals surface area contributed by atoms with Crippen LogP contribution in [0.4, 0.5) is 23.9 Å². The predicted octanol–water partition coefficient (Wildman–Crippen LogP) is 5.32. The number of esters is 1. The summed E-state index contributed by atoms with van der Waals surface area (Å²) in [5.74, 6) is 0.228. The maximum atomic E-state index is 13.2. The van der Waals surface area contributed by atoms with Crippen LogP contribution in [0.1, 0.15) is 41.8 Å². The van der Waals surface area contributed by atoms with E-state index < -0.39 is 33.7 Å². The van der Waals surface area contributed by atoms with Gasteiger partial charge >= 0.3 is 12.1 Å². The van der Waals surface area contributed by atoms with E-state index in [1.165, 1.54) is 12.3 Å². The smallest absolute Gasteiger partial charge is 0.416 e. The van der Waals surface area contributed by atoms with Crippen LogP contribution in [0.2, 0.25) is 0 Å². The number of anilines is 1. The molecule has 0 N–H and O–H groups in total. The number of nitro benzene ring substituents is 1. The third kappa shape index (κ3) is 6.09. The minimum atomic E-state index is -4.80. The summed E-state index contributed by atoms with van der Waals surface area (Å²) in [4.78, 5) is 39.8. The van der Waals surface area contributed by atoms with Gasteiger partial charge in [-0.15, -0.1) is 11.3 Å². The molecule has 2 fully saturated rings. The molecule has 39 heavy (non-hydrogen) atoms. The van der Waals surface area contributed by atoms with Gasteiger partial charge < -0.3 is 14.1 Å². The molecular weight excluding hydrogens is 539 g/mol. The van der Waals surface area contributed by atoms with Crippen LogP contribution in [0.25, 0.3) is 10.1 Å². The Morgan fingerprint density at radius 3 is 2.46 bits per heavy atom. The molecule has 1 aliphatic carbocycles. The summed E-state index contributed by atoms with van der Waals surface area (Å²) in [5.41, 5.74) is -2.59. The normalized spacial score (nSPS) is 20.7. The number of carbonyl (C=O) groups excluding carboxylic acids is 1. The molecule has 2 aromatic heterocycles. The fourth-order valence-electron chi connectivity index (χ4n) is 5.24. The van der Waals surface area contributed by atoms with E-state index in [-0.39, 0.29) is 22.0 Å². The van der Waals surface area contributed by atoms with Crippen molar-refractivity contribution >= 4 is 38.1 Å². The number of hydrogen-bond acceptors (Lipinski definition) is 9. The lowest BCUT2D eigenvalue weighted by Crippen LogP contribution is -2.48. The number of halogens is 3. The van der Waals surface area contributed by atoms with Crippen molar-refractivity contribution in [2.75, 3.05) is 37.6 Å². The zero-order chi connectivity index (χ0) is 27.7. The van der Waals surface area contributed by atoms with Crippen molar-refractivity contribution < 1.29 is 32.0 Å². The average Bonchev–Trinajstić information content (AvgIpc) is 3.44. The average molecular weight is 566 g/mol. The topological polar surface area (TPSA) is 106 Å². The number of nitrogens with zero attached hydrogens (tertiary/aromatic N) is 3.